The average molecular weight is 256 g/mol. The highest BCUT2D eigenvalue weighted by molar-refractivity contribution is 6.07. The molecule has 2 aliphatic carbocycles. The van der Waals surface area contributed by atoms with Crippen LogP contribution in [0.1, 0.15) is 45.4 Å². The molecule has 1 atom stereocenters. The first-order chi connectivity index (χ1) is 8.48. The van der Waals surface area contributed by atoms with E-state index in [0.29, 0.717) is 18.8 Å². The third kappa shape index (κ3) is 2.04. The topological polar surface area (TPSA) is 32.7 Å². The molecule has 0 N–H and O–H groups in total. The highest BCUT2D eigenvalue weighted by atomic mass is 19.3. The van der Waals surface area contributed by atoms with Crippen molar-refractivity contribution in [2.75, 3.05) is 0 Å². The van der Waals surface area contributed by atoms with E-state index < -0.39 is 5.92 Å². The van der Waals surface area contributed by atoms with Gasteiger partial charge < -0.3 is 0 Å². The smallest absolute Gasteiger partial charge is 0.252 e. The zero-order chi connectivity index (χ0) is 12.9. The third-order valence-corrected chi connectivity index (χ3v) is 4.33. The van der Waals surface area contributed by atoms with Crippen molar-refractivity contribution in [1.29, 1.82) is 0 Å². The van der Waals surface area contributed by atoms with Crippen molar-refractivity contribution in [2.45, 2.75) is 57.4 Å². The molecule has 5 heteroatoms. The van der Waals surface area contributed by atoms with Gasteiger partial charge in [-0.15, -0.1) is 0 Å². The Labute approximate surface area is 105 Å². The minimum Gasteiger partial charge on any atom is -0.272 e. The van der Waals surface area contributed by atoms with Gasteiger partial charge in [0.1, 0.15) is 0 Å². The molecule has 0 saturated heterocycles. The molecule has 1 aliphatic heterocycles. The molecule has 2 fully saturated rings. The van der Waals surface area contributed by atoms with Crippen molar-refractivity contribution in [3.63, 3.8) is 0 Å². The van der Waals surface area contributed by atoms with E-state index in [-0.39, 0.29) is 30.7 Å². The van der Waals surface area contributed by atoms with Crippen LogP contribution in [0.2, 0.25) is 0 Å². The molecule has 0 spiro atoms. The van der Waals surface area contributed by atoms with Crippen LogP contribution in [0.15, 0.2) is 5.10 Å². The molecule has 0 aromatic carbocycles. The quantitative estimate of drug-likeness (QED) is 0.747. The summed E-state index contributed by atoms with van der Waals surface area (Å²) in [5.41, 5.74) is 0.875. The SMILES string of the molecule is CC1=NN(C2CCC(F)(F)CC2)C(=O)C1C1CC1. The van der Waals surface area contributed by atoms with Crippen LogP contribution in [0.4, 0.5) is 8.78 Å². The Morgan fingerprint density at radius 3 is 2.39 bits per heavy atom. The predicted octanol–water partition coefficient (Wildman–Crippen LogP) is 2.81. The predicted molar refractivity (Wildman–Crippen MR) is 63.4 cm³/mol. The van der Waals surface area contributed by atoms with Crippen molar-refractivity contribution in [3.8, 4) is 0 Å². The van der Waals surface area contributed by atoms with Gasteiger partial charge in [0.2, 0.25) is 5.92 Å². The van der Waals surface area contributed by atoms with Gasteiger partial charge >= 0.3 is 0 Å². The van der Waals surface area contributed by atoms with Crippen LogP contribution in [-0.2, 0) is 4.79 Å². The molecule has 1 heterocycles. The number of hydrogen-bond donors (Lipinski definition) is 0. The Balaban J connectivity index is 1.69. The summed E-state index contributed by atoms with van der Waals surface area (Å²) in [5, 5.41) is 5.85. The molecule has 2 saturated carbocycles. The van der Waals surface area contributed by atoms with Crippen LogP contribution in [0.25, 0.3) is 0 Å². The molecule has 0 aromatic rings. The Morgan fingerprint density at radius 2 is 1.83 bits per heavy atom. The van der Waals surface area contributed by atoms with Gasteiger partial charge in [0, 0.05) is 18.6 Å². The van der Waals surface area contributed by atoms with Crippen LogP contribution < -0.4 is 0 Å². The number of carbonyl (C=O) groups excluding carboxylic acids is 1. The third-order valence-electron chi connectivity index (χ3n) is 4.33. The average Bonchev–Trinajstić information content (AvgIpc) is 3.07. The summed E-state index contributed by atoms with van der Waals surface area (Å²) in [4.78, 5) is 12.3. The van der Waals surface area contributed by atoms with E-state index in [0.717, 1.165) is 18.6 Å². The van der Waals surface area contributed by atoms with Gasteiger partial charge in [-0.25, -0.2) is 13.8 Å². The van der Waals surface area contributed by atoms with E-state index in [1.54, 1.807) is 0 Å². The largest absolute Gasteiger partial charge is 0.272 e. The number of alkyl halides is 2. The number of hydrazone groups is 1. The normalized spacial score (nSPS) is 32.8. The lowest BCUT2D eigenvalue weighted by Gasteiger charge is -2.32. The number of nitrogens with zero attached hydrogens (tertiary/aromatic N) is 2. The lowest BCUT2D eigenvalue weighted by molar-refractivity contribution is -0.137. The van der Waals surface area contributed by atoms with E-state index >= 15 is 0 Å². The molecule has 0 radical (unpaired) electrons. The van der Waals surface area contributed by atoms with E-state index in [2.05, 4.69) is 5.10 Å². The summed E-state index contributed by atoms with van der Waals surface area (Å²) in [6.07, 6.45) is 2.69. The Bertz CT molecular complexity index is 394. The van der Waals surface area contributed by atoms with Crippen molar-refractivity contribution >= 4 is 11.6 Å². The summed E-state index contributed by atoms with van der Waals surface area (Å²) in [5.74, 6) is -2.11. The standard InChI is InChI=1S/C13H18F2N2O/c1-8-11(9-2-3-9)12(18)17(16-8)10-4-6-13(14,15)7-5-10/h9-11H,2-7H2,1H3. The van der Waals surface area contributed by atoms with Gasteiger partial charge in [-0.2, -0.15) is 5.10 Å². The van der Waals surface area contributed by atoms with Crippen molar-refractivity contribution < 1.29 is 13.6 Å². The number of carbonyl (C=O) groups is 1. The fourth-order valence-electron chi connectivity index (χ4n) is 3.11. The van der Waals surface area contributed by atoms with Crippen LogP contribution in [-0.4, -0.2) is 28.6 Å². The van der Waals surface area contributed by atoms with Gasteiger partial charge in [0.05, 0.1) is 12.0 Å². The summed E-state index contributed by atoms with van der Waals surface area (Å²) in [6, 6.07) is -0.115. The van der Waals surface area contributed by atoms with Gasteiger partial charge in [-0.3, -0.25) is 4.79 Å². The second-order valence-corrected chi connectivity index (χ2v) is 5.83. The molecule has 3 aliphatic rings. The summed E-state index contributed by atoms with van der Waals surface area (Å²) in [6.45, 7) is 1.89. The molecule has 0 aromatic heterocycles. The fraction of sp³-hybridized carbons (Fsp3) is 0.846. The monoisotopic (exact) mass is 256 g/mol. The highest BCUT2D eigenvalue weighted by Gasteiger charge is 2.47. The highest BCUT2D eigenvalue weighted by Crippen LogP contribution is 2.43. The Hall–Kier alpha value is -1.00. The van der Waals surface area contributed by atoms with Crippen LogP contribution in [0.5, 0.6) is 0 Å². The minimum absolute atomic E-state index is 0.0465. The molecule has 1 unspecified atom stereocenters. The molecular formula is C13H18F2N2O. The summed E-state index contributed by atoms with van der Waals surface area (Å²) < 4.78 is 26.2. The van der Waals surface area contributed by atoms with Crippen LogP contribution >= 0.6 is 0 Å². The minimum atomic E-state index is -2.55. The van der Waals surface area contributed by atoms with E-state index in [1.165, 1.54) is 5.01 Å². The summed E-state index contributed by atoms with van der Waals surface area (Å²) >= 11 is 0. The fourth-order valence-corrected chi connectivity index (χ4v) is 3.11. The molecule has 100 valence electrons. The van der Waals surface area contributed by atoms with Gasteiger partial charge in [-0.05, 0) is 38.5 Å². The van der Waals surface area contributed by atoms with Gasteiger partial charge in [0.25, 0.3) is 5.91 Å². The summed E-state index contributed by atoms with van der Waals surface area (Å²) in [7, 11) is 0. The molecule has 3 nitrogen and oxygen atoms in total. The molecule has 3 rings (SSSR count). The second-order valence-electron chi connectivity index (χ2n) is 5.83. The lowest BCUT2D eigenvalue weighted by atomic mass is 9.91. The first kappa shape index (κ1) is 12.1. The van der Waals surface area contributed by atoms with E-state index in [1.807, 2.05) is 6.92 Å². The van der Waals surface area contributed by atoms with Crippen molar-refractivity contribution in [2.24, 2.45) is 16.9 Å². The number of amides is 1. The Morgan fingerprint density at radius 1 is 1.22 bits per heavy atom. The lowest BCUT2D eigenvalue weighted by Crippen LogP contribution is -2.41. The maximum absolute atomic E-state index is 13.1. The molecule has 1 amide bonds. The van der Waals surface area contributed by atoms with Crippen LogP contribution in [0, 0.1) is 11.8 Å². The number of hydrogen-bond acceptors (Lipinski definition) is 2. The maximum atomic E-state index is 13.1. The molecular weight excluding hydrogens is 238 g/mol. The van der Waals surface area contributed by atoms with Gasteiger partial charge in [0.15, 0.2) is 0 Å². The number of rotatable bonds is 2. The first-order valence-electron chi connectivity index (χ1n) is 6.74. The van der Waals surface area contributed by atoms with Crippen molar-refractivity contribution in [1.82, 2.24) is 5.01 Å². The van der Waals surface area contributed by atoms with E-state index in [4.69, 9.17) is 0 Å². The zero-order valence-corrected chi connectivity index (χ0v) is 10.5. The second kappa shape index (κ2) is 4.00. The Kier molecular flexibility index (Phi) is 2.68. The zero-order valence-electron chi connectivity index (χ0n) is 10.5. The van der Waals surface area contributed by atoms with Crippen LogP contribution in [0.3, 0.4) is 0 Å². The molecule has 0 bridgehead atoms. The number of halogens is 2. The first-order valence-corrected chi connectivity index (χ1v) is 6.74. The molecule has 18 heavy (non-hydrogen) atoms. The van der Waals surface area contributed by atoms with Crippen molar-refractivity contribution in [3.05, 3.63) is 0 Å². The van der Waals surface area contributed by atoms with E-state index in [9.17, 15) is 13.6 Å². The van der Waals surface area contributed by atoms with Gasteiger partial charge in [-0.1, -0.05) is 0 Å². The maximum Gasteiger partial charge on any atom is 0.252 e.